The van der Waals surface area contributed by atoms with Gasteiger partial charge in [0.15, 0.2) is 11.6 Å². The summed E-state index contributed by atoms with van der Waals surface area (Å²) in [5.41, 5.74) is -1.20. The third-order valence-corrected chi connectivity index (χ3v) is 3.92. The number of amides is 2. The van der Waals surface area contributed by atoms with Gasteiger partial charge in [-0.15, -0.1) is 0 Å². The van der Waals surface area contributed by atoms with Gasteiger partial charge in [-0.2, -0.15) is 0 Å². The molecule has 0 radical (unpaired) electrons. The molecule has 0 aliphatic carbocycles. The highest BCUT2D eigenvalue weighted by molar-refractivity contribution is 5.86. The van der Waals surface area contributed by atoms with E-state index in [1.165, 1.54) is 0 Å². The van der Waals surface area contributed by atoms with Crippen LogP contribution in [-0.4, -0.2) is 29.7 Å². The number of piperidine rings is 1. The molecule has 0 bridgehead atoms. The highest BCUT2D eigenvalue weighted by atomic mass is 19.2. The minimum absolute atomic E-state index is 0.0798. The lowest BCUT2D eigenvalue weighted by molar-refractivity contribution is -0.126. The fourth-order valence-electron chi connectivity index (χ4n) is 2.82. The number of alkyl carbamates (subject to hydrolysis) is 1. The summed E-state index contributed by atoms with van der Waals surface area (Å²) in [6, 6.07) is -0.128. The van der Waals surface area contributed by atoms with Gasteiger partial charge >= 0.3 is 6.09 Å². The van der Waals surface area contributed by atoms with Crippen molar-refractivity contribution < 1.29 is 27.5 Å². The van der Waals surface area contributed by atoms with Gasteiger partial charge in [0.05, 0.1) is 0 Å². The molecule has 0 aromatic heterocycles. The molecular formula is C17H21F3N2O3. The van der Waals surface area contributed by atoms with Gasteiger partial charge in [-0.05, 0) is 46.2 Å². The Kier molecular flexibility index (Phi) is 5.29. The maximum Gasteiger partial charge on any atom is 0.408 e. The van der Waals surface area contributed by atoms with Gasteiger partial charge in [-0.25, -0.2) is 18.0 Å². The topological polar surface area (TPSA) is 67.4 Å². The number of halogens is 3. The number of benzene rings is 1. The molecule has 2 N–H and O–H groups in total. The van der Waals surface area contributed by atoms with Crippen molar-refractivity contribution in [3.63, 3.8) is 0 Å². The SMILES string of the molecule is C[C@H]1NC(=O)[C@@H](NC(=O)OC(C)(C)C)C[C@@H]1c1c(F)ccc(F)c1F. The van der Waals surface area contributed by atoms with Gasteiger partial charge < -0.3 is 15.4 Å². The fraction of sp³-hybridized carbons (Fsp3) is 0.529. The molecule has 1 heterocycles. The maximum absolute atomic E-state index is 14.1. The van der Waals surface area contributed by atoms with Crippen LogP contribution < -0.4 is 10.6 Å². The number of hydrogen-bond donors (Lipinski definition) is 2. The lowest BCUT2D eigenvalue weighted by atomic mass is 9.82. The number of hydrogen-bond acceptors (Lipinski definition) is 3. The van der Waals surface area contributed by atoms with Crippen molar-refractivity contribution in [3.05, 3.63) is 35.1 Å². The predicted molar refractivity (Wildman–Crippen MR) is 84.4 cm³/mol. The Morgan fingerprint density at radius 1 is 1.24 bits per heavy atom. The summed E-state index contributed by atoms with van der Waals surface area (Å²) in [5, 5.41) is 4.94. The monoisotopic (exact) mass is 358 g/mol. The van der Waals surface area contributed by atoms with Crippen molar-refractivity contribution in [2.24, 2.45) is 0 Å². The minimum Gasteiger partial charge on any atom is -0.444 e. The molecule has 1 fully saturated rings. The number of rotatable bonds is 2. The number of ether oxygens (including phenoxy) is 1. The van der Waals surface area contributed by atoms with Crippen LogP contribution in [0.4, 0.5) is 18.0 Å². The lowest BCUT2D eigenvalue weighted by Crippen LogP contribution is -2.56. The molecule has 0 spiro atoms. The molecule has 1 aliphatic rings. The van der Waals surface area contributed by atoms with Gasteiger partial charge in [-0.1, -0.05) is 0 Å². The van der Waals surface area contributed by atoms with E-state index >= 15 is 0 Å². The molecule has 0 unspecified atom stereocenters. The van der Waals surface area contributed by atoms with E-state index in [0.717, 1.165) is 6.07 Å². The van der Waals surface area contributed by atoms with E-state index in [1.54, 1.807) is 27.7 Å². The van der Waals surface area contributed by atoms with Gasteiger partial charge in [-0.3, -0.25) is 4.79 Å². The second-order valence-corrected chi connectivity index (χ2v) is 7.10. The van der Waals surface area contributed by atoms with Gasteiger partial charge in [0, 0.05) is 17.5 Å². The van der Waals surface area contributed by atoms with Gasteiger partial charge in [0.2, 0.25) is 5.91 Å². The predicted octanol–water partition coefficient (Wildman–Crippen LogP) is 2.99. The number of carbonyl (C=O) groups is 2. The van der Waals surface area contributed by atoms with Crippen LogP contribution in [0.5, 0.6) is 0 Å². The van der Waals surface area contributed by atoms with Crippen LogP contribution >= 0.6 is 0 Å². The Morgan fingerprint density at radius 3 is 2.44 bits per heavy atom. The molecular weight excluding hydrogens is 337 g/mol. The molecule has 2 rings (SSSR count). The molecule has 3 atom stereocenters. The first-order chi connectivity index (χ1) is 11.5. The van der Waals surface area contributed by atoms with Crippen molar-refractivity contribution in [2.75, 3.05) is 0 Å². The van der Waals surface area contributed by atoms with Crippen LogP contribution in [0.2, 0.25) is 0 Å². The van der Waals surface area contributed by atoms with E-state index in [2.05, 4.69) is 10.6 Å². The molecule has 5 nitrogen and oxygen atoms in total. The van der Waals surface area contributed by atoms with E-state index in [9.17, 15) is 22.8 Å². The fourth-order valence-corrected chi connectivity index (χ4v) is 2.82. The summed E-state index contributed by atoms with van der Waals surface area (Å²) in [6.07, 6.45) is -0.898. The molecule has 2 amide bonds. The highest BCUT2D eigenvalue weighted by Crippen LogP contribution is 2.33. The Hall–Kier alpha value is -2.25. The third kappa shape index (κ3) is 4.43. The molecule has 1 aromatic rings. The lowest BCUT2D eigenvalue weighted by Gasteiger charge is -2.35. The zero-order chi connectivity index (χ0) is 18.9. The van der Waals surface area contributed by atoms with Crippen LogP contribution in [0.25, 0.3) is 0 Å². The Bertz CT molecular complexity index is 688. The molecule has 1 aliphatic heterocycles. The first-order valence-corrected chi connectivity index (χ1v) is 7.93. The Labute approximate surface area is 143 Å². The van der Waals surface area contributed by atoms with E-state index in [-0.39, 0.29) is 6.42 Å². The summed E-state index contributed by atoms with van der Waals surface area (Å²) in [5.74, 6) is -4.69. The smallest absolute Gasteiger partial charge is 0.408 e. The van der Waals surface area contributed by atoms with Crippen LogP contribution in [0, 0.1) is 17.5 Å². The van der Waals surface area contributed by atoms with Crippen LogP contribution in [0.15, 0.2) is 12.1 Å². The zero-order valence-corrected chi connectivity index (χ0v) is 14.5. The first kappa shape index (κ1) is 19.1. The van der Waals surface area contributed by atoms with E-state index in [1.807, 2.05) is 0 Å². The summed E-state index contributed by atoms with van der Waals surface area (Å²) < 4.78 is 46.7. The van der Waals surface area contributed by atoms with Crippen molar-refractivity contribution >= 4 is 12.0 Å². The molecule has 8 heteroatoms. The molecule has 138 valence electrons. The standard InChI is InChI=1S/C17H21F3N2O3/c1-8-9(13-10(18)5-6-11(19)14(13)20)7-12(15(23)21-8)22-16(24)25-17(2,3)4/h5-6,8-9,12H,7H2,1-4H3,(H,21,23)(H,22,24)/t8-,9+,12+/m1/s1. The minimum atomic E-state index is -1.29. The third-order valence-electron chi connectivity index (χ3n) is 3.92. The van der Waals surface area contributed by atoms with Crippen LogP contribution in [0.3, 0.4) is 0 Å². The van der Waals surface area contributed by atoms with Crippen LogP contribution in [-0.2, 0) is 9.53 Å². The van der Waals surface area contributed by atoms with Gasteiger partial charge in [0.1, 0.15) is 17.5 Å². The second kappa shape index (κ2) is 6.93. The average molecular weight is 358 g/mol. The van der Waals surface area contributed by atoms with Crippen molar-refractivity contribution in [1.82, 2.24) is 10.6 Å². The molecule has 0 saturated carbocycles. The normalized spacial score (nSPS) is 23.8. The average Bonchev–Trinajstić information content (AvgIpc) is 2.46. The molecule has 1 aromatic carbocycles. The largest absolute Gasteiger partial charge is 0.444 e. The summed E-state index contributed by atoms with van der Waals surface area (Å²) in [7, 11) is 0. The highest BCUT2D eigenvalue weighted by Gasteiger charge is 2.38. The van der Waals surface area contributed by atoms with E-state index in [4.69, 9.17) is 4.74 Å². The van der Waals surface area contributed by atoms with E-state index in [0.29, 0.717) is 6.07 Å². The quantitative estimate of drug-likeness (QED) is 0.799. The van der Waals surface area contributed by atoms with Crippen LogP contribution in [0.1, 0.15) is 45.6 Å². The Morgan fingerprint density at radius 2 is 1.84 bits per heavy atom. The second-order valence-electron chi connectivity index (χ2n) is 7.10. The number of carbonyl (C=O) groups excluding carboxylic acids is 2. The summed E-state index contributed by atoms with van der Waals surface area (Å²) in [4.78, 5) is 23.9. The maximum atomic E-state index is 14.1. The first-order valence-electron chi connectivity index (χ1n) is 7.93. The molecule has 25 heavy (non-hydrogen) atoms. The molecule has 1 saturated heterocycles. The summed E-state index contributed by atoms with van der Waals surface area (Å²) >= 11 is 0. The van der Waals surface area contributed by atoms with Crippen molar-refractivity contribution in [3.8, 4) is 0 Å². The number of nitrogens with one attached hydrogen (secondary N) is 2. The van der Waals surface area contributed by atoms with Gasteiger partial charge in [0.25, 0.3) is 0 Å². The summed E-state index contributed by atoms with van der Waals surface area (Å²) in [6.45, 7) is 6.55. The van der Waals surface area contributed by atoms with Crippen molar-refractivity contribution in [1.29, 1.82) is 0 Å². The van der Waals surface area contributed by atoms with E-state index < -0.39 is 58.6 Å². The van der Waals surface area contributed by atoms with Crippen molar-refractivity contribution in [2.45, 2.75) is 57.7 Å². The Balaban J connectivity index is 2.23. The zero-order valence-electron chi connectivity index (χ0n) is 14.5.